The summed E-state index contributed by atoms with van der Waals surface area (Å²) in [6.45, 7) is 0.830. The average Bonchev–Trinajstić information content (AvgIpc) is 2.20. The third-order valence-electron chi connectivity index (χ3n) is 1.63. The molecule has 1 rings (SSSR count). The topological polar surface area (TPSA) is 91.3 Å². The van der Waals surface area contributed by atoms with Crippen molar-refractivity contribution < 1.29 is 9.66 Å². The molecule has 1 aromatic rings. The van der Waals surface area contributed by atoms with Gasteiger partial charge < -0.3 is 10.5 Å². The zero-order chi connectivity index (χ0) is 11.3. The van der Waals surface area contributed by atoms with E-state index in [1.165, 1.54) is 6.20 Å². The second-order valence-electron chi connectivity index (χ2n) is 2.72. The summed E-state index contributed by atoms with van der Waals surface area (Å²) in [5.41, 5.74) is 5.14. The predicted molar refractivity (Wildman–Crippen MR) is 57.8 cm³/mol. The molecule has 6 nitrogen and oxygen atoms in total. The van der Waals surface area contributed by atoms with E-state index in [4.69, 9.17) is 10.5 Å². The summed E-state index contributed by atoms with van der Waals surface area (Å²) in [5, 5.41) is 10.6. The fourth-order valence-electron chi connectivity index (χ4n) is 0.943. The number of nitrogens with two attached hydrogens (primary N) is 1. The van der Waals surface area contributed by atoms with E-state index in [0.717, 1.165) is 6.20 Å². The standard InChI is InChI=1S/C8H10BrN3O3/c9-6-4-11-5-7(12(13)14)8(6)15-3-1-2-10/h4-5H,1-3,10H2. The SMILES string of the molecule is NCCCOc1c(Br)cncc1[N+](=O)[O-]. The summed E-state index contributed by atoms with van der Waals surface area (Å²) < 4.78 is 5.73. The third kappa shape index (κ3) is 3.14. The van der Waals surface area contributed by atoms with Crippen LogP contribution in [0.1, 0.15) is 6.42 Å². The highest BCUT2D eigenvalue weighted by molar-refractivity contribution is 9.10. The van der Waals surface area contributed by atoms with Gasteiger partial charge in [0, 0.05) is 6.20 Å². The molecule has 0 aliphatic heterocycles. The molecule has 0 saturated carbocycles. The normalized spacial score (nSPS) is 10.0. The lowest BCUT2D eigenvalue weighted by Crippen LogP contribution is -2.07. The Kier molecular flexibility index (Phi) is 4.44. The Morgan fingerprint density at radius 1 is 1.60 bits per heavy atom. The molecule has 0 fully saturated rings. The minimum absolute atomic E-state index is 0.151. The Morgan fingerprint density at radius 2 is 2.33 bits per heavy atom. The molecule has 1 aromatic heterocycles. The zero-order valence-electron chi connectivity index (χ0n) is 7.85. The molecule has 0 aliphatic rings. The first kappa shape index (κ1) is 11.9. The van der Waals surface area contributed by atoms with E-state index < -0.39 is 4.92 Å². The molecule has 1 heterocycles. The molecule has 0 saturated heterocycles. The van der Waals surface area contributed by atoms with Crippen LogP contribution in [0.2, 0.25) is 0 Å². The Bertz CT molecular complexity index is 359. The molecule has 0 aliphatic carbocycles. The molecule has 0 amide bonds. The fraction of sp³-hybridized carbons (Fsp3) is 0.375. The monoisotopic (exact) mass is 275 g/mol. The van der Waals surface area contributed by atoms with E-state index in [9.17, 15) is 10.1 Å². The van der Waals surface area contributed by atoms with Crippen LogP contribution in [0.4, 0.5) is 5.69 Å². The quantitative estimate of drug-likeness (QED) is 0.499. The molecule has 2 N–H and O–H groups in total. The summed E-state index contributed by atoms with van der Waals surface area (Å²) in [7, 11) is 0. The zero-order valence-corrected chi connectivity index (χ0v) is 9.44. The molecule has 0 aromatic carbocycles. The van der Waals surface area contributed by atoms with Crippen molar-refractivity contribution in [3.63, 3.8) is 0 Å². The van der Waals surface area contributed by atoms with Gasteiger partial charge in [0.2, 0.25) is 5.75 Å². The van der Waals surface area contributed by atoms with E-state index in [-0.39, 0.29) is 11.4 Å². The van der Waals surface area contributed by atoms with Gasteiger partial charge in [0.25, 0.3) is 0 Å². The molecule has 82 valence electrons. The predicted octanol–water partition coefficient (Wildman–Crippen LogP) is 1.48. The Balaban J connectivity index is 2.87. The van der Waals surface area contributed by atoms with Gasteiger partial charge in [-0.05, 0) is 28.9 Å². The van der Waals surface area contributed by atoms with E-state index in [2.05, 4.69) is 20.9 Å². The van der Waals surface area contributed by atoms with E-state index in [1.54, 1.807) is 0 Å². The van der Waals surface area contributed by atoms with Crippen LogP contribution < -0.4 is 10.5 Å². The number of aromatic nitrogens is 1. The number of nitrogens with zero attached hydrogens (tertiary/aromatic N) is 2. The second-order valence-corrected chi connectivity index (χ2v) is 3.57. The van der Waals surface area contributed by atoms with E-state index in [1.807, 2.05) is 0 Å². The first-order valence-electron chi connectivity index (χ1n) is 4.27. The van der Waals surface area contributed by atoms with Crippen molar-refractivity contribution in [2.45, 2.75) is 6.42 Å². The lowest BCUT2D eigenvalue weighted by atomic mass is 10.4. The number of ether oxygens (including phenoxy) is 1. The highest BCUT2D eigenvalue weighted by Gasteiger charge is 2.18. The van der Waals surface area contributed by atoms with Gasteiger partial charge in [-0.15, -0.1) is 0 Å². The molecular weight excluding hydrogens is 266 g/mol. The van der Waals surface area contributed by atoms with E-state index in [0.29, 0.717) is 24.0 Å². The van der Waals surface area contributed by atoms with Crippen molar-refractivity contribution in [1.29, 1.82) is 0 Å². The number of rotatable bonds is 5. The van der Waals surface area contributed by atoms with Crippen LogP contribution in [0.5, 0.6) is 5.75 Å². The Hall–Kier alpha value is -1.21. The third-order valence-corrected chi connectivity index (χ3v) is 2.19. The summed E-state index contributed by atoms with van der Waals surface area (Å²) in [4.78, 5) is 13.8. The second kappa shape index (κ2) is 5.62. The molecule has 0 atom stereocenters. The van der Waals surface area contributed by atoms with Crippen LogP contribution >= 0.6 is 15.9 Å². The minimum Gasteiger partial charge on any atom is -0.486 e. The van der Waals surface area contributed by atoms with Gasteiger partial charge >= 0.3 is 5.69 Å². The molecule has 0 unspecified atom stereocenters. The number of halogens is 1. The van der Waals surface area contributed by atoms with Crippen molar-refractivity contribution in [1.82, 2.24) is 4.98 Å². The molecule has 7 heteroatoms. The number of hydrogen-bond donors (Lipinski definition) is 1. The summed E-state index contributed by atoms with van der Waals surface area (Å²) in [6.07, 6.45) is 3.25. The van der Waals surface area contributed by atoms with Gasteiger partial charge in [0.1, 0.15) is 6.20 Å². The average molecular weight is 276 g/mol. The van der Waals surface area contributed by atoms with Gasteiger partial charge in [-0.25, -0.2) is 0 Å². The summed E-state index contributed by atoms with van der Waals surface area (Å²) in [6, 6.07) is 0. The Morgan fingerprint density at radius 3 is 2.93 bits per heavy atom. The van der Waals surface area contributed by atoms with Crippen LogP contribution in [0.3, 0.4) is 0 Å². The molecule has 0 radical (unpaired) electrons. The minimum atomic E-state index is -0.532. The van der Waals surface area contributed by atoms with Crippen molar-refractivity contribution in [3.8, 4) is 5.75 Å². The fourth-order valence-corrected chi connectivity index (χ4v) is 1.38. The highest BCUT2D eigenvalue weighted by atomic mass is 79.9. The lowest BCUT2D eigenvalue weighted by Gasteiger charge is -2.06. The van der Waals surface area contributed by atoms with Crippen LogP contribution in [0.25, 0.3) is 0 Å². The molecule has 0 spiro atoms. The number of pyridine rings is 1. The van der Waals surface area contributed by atoms with Crippen molar-refractivity contribution >= 4 is 21.6 Å². The molecule has 15 heavy (non-hydrogen) atoms. The largest absolute Gasteiger partial charge is 0.486 e. The van der Waals surface area contributed by atoms with Crippen molar-refractivity contribution in [2.24, 2.45) is 5.73 Å². The lowest BCUT2D eigenvalue weighted by molar-refractivity contribution is -0.386. The van der Waals surface area contributed by atoms with Crippen LogP contribution in [0.15, 0.2) is 16.9 Å². The summed E-state index contributed by atoms with van der Waals surface area (Å²) in [5.74, 6) is 0.198. The van der Waals surface area contributed by atoms with Crippen LogP contribution in [-0.2, 0) is 0 Å². The molecule has 0 bridgehead atoms. The maximum absolute atomic E-state index is 10.6. The number of nitro groups is 1. The van der Waals surface area contributed by atoms with Crippen LogP contribution in [-0.4, -0.2) is 23.1 Å². The Labute approximate surface area is 94.7 Å². The highest BCUT2D eigenvalue weighted by Crippen LogP contribution is 2.33. The van der Waals surface area contributed by atoms with Crippen LogP contribution in [0, 0.1) is 10.1 Å². The van der Waals surface area contributed by atoms with Crippen molar-refractivity contribution in [2.75, 3.05) is 13.2 Å². The molecular formula is C8H10BrN3O3. The van der Waals surface area contributed by atoms with E-state index >= 15 is 0 Å². The van der Waals surface area contributed by atoms with Gasteiger partial charge in [0.15, 0.2) is 0 Å². The first-order valence-corrected chi connectivity index (χ1v) is 5.07. The smallest absolute Gasteiger partial charge is 0.330 e. The number of hydrogen-bond acceptors (Lipinski definition) is 5. The van der Waals surface area contributed by atoms with Gasteiger partial charge in [-0.2, -0.15) is 0 Å². The van der Waals surface area contributed by atoms with Gasteiger partial charge in [0.05, 0.1) is 16.0 Å². The maximum atomic E-state index is 10.6. The first-order chi connectivity index (χ1) is 7.16. The van der Waals surface area contributed by atoms with Gasteiger partial charge in [-0.1, -0.05) is 0 Å². The summed E-state index contributed by atoms with van der Waals surface area (Å²) >= 11 is 3.14. The van der Waals surface area contributed by atoms with Gasteiger partial charge in [-0.3, -0.25) is 15.1 Å². The maximum Gasteiger partial charge on any atom is 0.330 e. The van der Waals surface area contributed by atoms with Crippen molar-refractivity contribution in [3.05, 3.63) is 27.0 Å².